The first-order valence-electron chi connectivity index (χ1n) is 7.04. The first-order chi connectivity index (χ1) is 11.0. The molecule has 0 spiro atoms. The summed E-state index contributed by atoms with van der Waals surface area (Å²) in [5.41, 5.74) is 2.08. The molecule has 3 aromatic rings. The molecule has 0 saturated heterocycles. The zero-order valence-corrected chi connectivity index (χ0v) is 14.5. The normalized spacial score (nSPS) is 10.8. The molecule has 0 radical (unpaired) electrons. The number of hydrogen-bond donors (Lipinski definition) is 0. The summed E-state index contributed by atoms with van der Waals surface area (Å²) < 4.78 is 11.6. The molecule has 118 valence electrons. The van der Waals surface area contributed by atoms with E-state index in [4.69, 9.17) is 21.1 Å². The molecule has 1 heterocycles. The first kappa shape index (κ1) is 15.8. The highest BCUT2D eigenvalue weighted by molar-refractivity contribution is 7.21. The summed E-state index contributed by atoms with van der Waals surface area (Å²) in [6, 6.07) is 11.2. The van der Waals surface area contributed by atoms with Crippen molar-refractivity contribution in [1.82, 2.24) is 0 Å². The van der Waals surface area contributed by atoms with Crippen molar-refractivity contribution in [3.8, 4) is 11.5 Å². The molecular formula is C18H15ClO3S. The molecule has 0 aliphatic carbocycles. The number of aryl methyl sites for hydroxylation is 2. The van der Waals surface area contributed by atoms with Crippen LogP contribution < -0.4 is 9.47 Å². The minimum atomic E-state index is -0.444. The number of halogens is 1. The molecule has 0 amide bonds. The van der Waals surface area contributed by atoms with Gasteiger partial charge in [-0.3, -0.25) is 0 Å². The van der Waals surface area contributed by atoms with Gasteiger partial charge in [-0.1, -0.05) is 17.7 Å². The molecule has 2 aromatic carbocycles. The lowest BCUT2D eigenvalue weighted by Gasteiger charge is -2.05. The fourth-order valence-corrected chi connectivity index (χ4v) is 3.81. The molecule has 0 atom stereocenters. The molecule has 0 aliphatic heterocycles. The van der Waals surface area contributed by atoms with Crippen LogP contribution in [-0.4, -0.2) is 13.1 Å². The fraction of sp³-hybridized carbons (Fsp3) is 0.167. The van der Waals surface area contributed by atoms with Crippen molar-refractivity contribution < 1.29 is 14.3 Å². The summed E-state index contributed by atoms with van der Waals surface area (Å²) in [5.74, 6) is 0.783. The Labute approximate surface area is 143 Å². The summed E-state index contributed by atoms with van der Waals surface area (Å²) >= 11 is 7.68. The lowest BCUT2D eigenvalue weighted by Crippen LogP contribution is -2.07. The number of benzene rings is 2. The second-order valence-corrected chi connectivity index (χ2v) is 6.75. The molecule has 0 unspecified atom stereocenters. The predicted molar refractivity (Wildman–Crippen MR) is 94.3 cm³/mol. The number of ether oxygens (including phenoxy) is 2. The Morgan fingerprint density at radius 1 is 1.04 bits per heavy atom. The number of methoxy groups -OCH3 is 1. The van der Waals surface area contributed by atoms with Crippen LogP contribution in [0.3, 0.4) is 0 Å². The first-order valence-corrected chi connectivity index (χ1v) is 8.24. The van der Waals surface area contributed by atoms with E-state index in [9.17, 15) is 4.79 Å². The van der Waals surface area contributed by atoms with Crippen LogP contribution in [0, 0.1) is 13.8 Å². The molecule has 1 aromatic heterocycles. The van der Waals surface area contributed by atoms with Crippen LogP contribution in [0.2, 0.25) is 5.02 Å². The van der Waals surface area contributed by atoms with E-state index >= 15 is 0 Å². The summed E-state index contributed by atoms with van der Waals surface area (Å²) in [6.45, 7) is 3.92. The van der Waals surface area contributed by atoms with Crippen LogP contribution >= 0.6 is 22.9 Å². The minimum absolute atomic E-state index is 0.397. The molecular weight excluding hydrogens is 332 g/mol. The SMILES string of the molecule is COc1ccc2sc(C(=O)Oc3cc(C)cc(C)c3)c(Cl)c2c1. The maximum absolute atomic E-state index is 12.5. The van der Waals surface area contributed by atoms with Crippen molar-refractivity contribution >= 4 is 39.0 Å². The zero-order valence-electron chi connectivity index (χ0n) is 13.0. The van der Waals surface area contributed by atoms with Gasteiger partial charge < -0.3 is 9.47 Å². The molecule has 3 nitrogen and oxygen atoms in total. The third kappa shape index (κ3) is 3.19. The quantitative estimate of drug-likeness (QED) is 0.470. The summed E-state index contributed by atoms with van der Waals surface area (Å²) in [6.07, 6.45) is 0. The summed E-state index contributed by atoms with van der Waals surface area (Å²) in [7, 11) is 1.59. The Morgan fingerprint density at radius 2 is 1.74 bits per heavy atom. The predicted octanol–water partition coefficient (Wildman–Crippen LogP) is 5.40. The van der Waals surface area contributed by atoms with Crippen molar-refractivity contribution in [3.63, 3.8) is 0 Å². The average molecular weight is 347 g/mol. The lowest BCUT2D eigenvalue weighted by atomic mass is 10.1. The highest BCUT2D eigenvalue weighted by Gasteiger charge is 2.19. The summed E-state index contributed by atoms with van der Waals surface area (Å²) in [4.78, 5) is 12.9. The zero-order chi connectivity index (χ0) is 16.6. The third-order valence-electron chi connectivity index (χ3n) is 3.43. The smallest absolute Gasteiger partial charge is 0.355 e. The molecule has 0 N–H and O–H groups in total. The lowest BCUT2D eigenvalue weighted by molar-refractivity contribution is 0.0740. The van der Waals surface area contributed by atoms with Crippen molar-refractivity contribution in [1.29, 1.82) is 0 Å². The van der Waals surface area contributed by atoms with Gasteiger partial charge in [0.25, 0.3) is 0 Å². The minimum Gasteiger partial charge on any atom is -0.497 e. The Kier molecular flexibility index (Phi) is 4.28. The number of carbonyl (C=O) groups excluding carboxylic acids is 1. The van der Waals surface area contributed by atoms with Crippen molar-refractivity contribution in [3.05, 3.63) is 57.4 Å². The number of fused-ring (bicyclic) bond motifs is 1. The van der Waals surface area contributed by atoms with E-state index in [-0.39, 0.29) is 0 Å². The third-order valence-corrected chi connectivity index (χ3v) is 5.08. The van der Waals surface area contributed by atoms with Gasteiger partial charge in [-0.15, -0.1) is 11.3 Å². The van der Waals surface area contributed by atoms with Crippen molar-refractivity contribution in [2.45, 2.75) is 13.8 Å². The van der Waals surface area contributed by atoms with Gasteiger partial charge in [0, 0.05) is 10.1 Å². The van der Waals surface area contributed by atoms with E-state index in [1.165, 1.54) is 11.3 Å². The van der Waals surface area contributed by atoms with Crippen LogP contribution in [0.4, 0.5) is 0 Å². The van der Waals surface area contributed by atoms with Gasteiger partial charge in [0.2, 0.25) is 0 Å². The molecule has 23 heavy (non-hydrogen) atoms. The van der Waals surface area contributed by atoms with Gasteiger partial charge in [0.15, 0.2) is 0 Å². The molecule has 0 fully saturated rings. The van der Waals surface area contributed by atoms with Crippen molar-refractivity contribution in [2.24, 2.45) is 0 Å². The van der Waals surface area contributed by atoms with Gasteiger partial charge in [-0.2, -0.15) is 0 Å². The molecule has 0 bridgehead atoms. The van der Waals surface area contributed by atoms with Crippen LogP contribution in [0.5, 0.6) is 11.5 Å². The molecule has 0 aliphatic rings. The number of esters is 1. The second kappa shape index (κ2) is 6.22. The number of hydrogen-bond acceptors (Lipinski definition) is 4. The second-order valence-electron chi connectivity index (χ2n) is 5.32. The van der Waals surface area contributed by atoms with E-state index in [1.54, 1.807) is 7.11 Å². The maximum Gasteiger partial charge on any atom is 0.355 e. The van der Waals surface area contributed by atoms with E-state index in [1.807, 2.05) is 50.2 Å². The topological polar surface area (TPSA) is 35.5 Å². The average Bonchev–Trinajstić information content (AvgIpc) is 2.83. The Hall–Kier alpha value is -2.04. The number of rotatable bonds is 3. The molecule has 3 rings (SSSR count). The van der Waals surface area contributed by atoms with E-state index in [0.29, 0.717) is 21.4 Å². The van der Waals surface area contributed by atoms with Gasteiger partial charge in [-0.05, 0) is 55.3 Å². The van der Waals surface area contributed by atoms with E-state index < -0.39 is 5.97 Å². The van der Waals surface area contributed by atoms with Gasteiger partial charge >= 0.3 is 5.97 Å². The van der Waals surface area contributed by atoms with Crippen LogP contribution in [-0.2, 0) is 0 Å². The number of carbonyl (C=O) groups is 1. The molecule has 5 heteroatoms. The van der Waals surface area contributed by atoms with Gasteiger partial charge in [-0.25, -0.2) is 4.79 Å². The van der Waals surface area contributed by atoms with E-state index in [2.05, 4.69) is 0 Å². The van der Waals surface area contributed by atoms with Crippen LogP contribution in [0.25, 0.3) is 10.1 Å². The Morgan fingerprint density at radius 3 is 2.39 bits per heavy atom. The Bertz CT molecular complexity index is 878. The fourth-order valence-electron chi connectivity index (χ4n) is 2.45. The van der Waals surface area contributed by atoms with Gasteiger partial charge in [0.1, 0.15) is 16.4 Å². The largest absolute Gasteiger partial charge is 0.497 e. The standard InChI is InChI=1S/C18H15ClO3S/c1-10-6-11(2)8-13(7-10)22-18(20)17-16(19)14-9-12(21-3)4-5-15(14)23-17/h4-9H,1-3H3. The molecule has 0 saturated carbocycles. The number of thiophene rings is 1. The monoisotopic (exact) mass is 346 g/mol. The highest BCUT2D eigenvalue weighted by atomic mass is 35.5. The van der Waals surface area contributed by atoms with Gasteiger partial charge in [0.05, 0.1) is 12.1 Å². The maximum atomic E-state index is 12.5. The van der Waals surface area contributed by atoms with Crippen LogP contribution in [0.15, 0.2) is 36.4 Å². The van der Waals surface area contributed by atoms with E-state index in [0.717, 1.165) is 21.2 Å². The Balaban J connectivity index is 1.96. The summed E-state index contributed by atoms with van der Waals surface area (Å²) in [5, 5.41) is 1.20. The highest BCUT2D eigenvalue weighted by Crippen LogP contribution is 2.37. The van der Waals surface area contributed by atoms with Crippen LogP contribution in [0.1, 0.15) is 20.8 Å². The van der Waals surface area contributed by atoms with Crippen molar-refractivity contribution in [2.75, 3.05) is 7.11 Å².